The lowest BCUT2D eigenvalue weighted by Gasteiger charge is -2.10. The predicted octanol–water partition coefficient (Wildman–Crippen LogP) is 3.68. The summed E-state index contributed by atoms with van der Waals surface area (Å²) in [5.74, 6) is 0. The van der Waals surface area contributed by atoms with Gasteiger partial charge in [-0.25, -0.2) is 8.42 Å². The van der Waals surface area contributed by atoms with Crippen LogP contribution in [0.2, 0.25) is 0 Å². The van der Waals surface area contributed by atoms with Gasteiger partial charge in [0.25, 0.3) is 10.0 Å². The molecule has 0 saturated heterocycles. The van der Waals surface area contributed by atoms with Crippen LogP contribution < -0.4 is 4.72 Å². The van der Waals surface area contributed by atoms with E-state index in [1.807, 2.05) is 18.2 Å². The minimum Gasteiger partial charge on any atom is -0.277 e. The molecule has 0 amide bonds. The van der Waals surface area contributed by atoms with Gasteiger partial charge in [0.05, 0.1) is 16.1 Å². The van der Waals surface area contributed by atoms with Gasteiger partial charge in [0.2, 0.25) is 0 Å². The summed E-state index contributed by atoms with van der Waals surface area (Å²) in [4.78, 5) is 4.45. The molecule has 0 aliphatic rings. The zero-order valence-corrected chi connectivity index (χ0v) is 12.5. The Morgan fingerprint density at radius 2 is 1.73 bits per heavy atom. The van der Waals surface area contributed by atoms with E-state index in [0.717, 1.165) is 10.9 Å². The lowest BCUT2D eigenvalue weighted by molar-refractivity contribution is 0.601. The van der Waals surface area contributed by atoms with Crippen molar-refractivity contribution in [1.82, 2.24) is 4.98 Å². The molecule has 0 aliphatic heterocycles. The van der Waals surface area contributed by atoms with E-state index in [-0.39, 0.29) is 4.90 Å². The highest BCUT2D eigenvalue weighted by Gasteiger charge is 2.15. The van der Waals surface area contributed by atoms with Crippen molar-refractivity contribution in [2.24, 2.45) is 0 Å². The largest absolute Gasteiger partial charge is 0.277 e. The molecule has 0 bridgehead atoms. The van der Waals surface area contributed by atoms with Gasteiger partial charge in [0.1, 0.15) is 0 Å². The minimum atomic E-state index is -3.65. The van der Waals surface area contributed by atoms with Crippen LogP contribution in [0.25, 0.3) is 17.0 Å². The number of nitrogens with zero attached hydrogens (tertiary/aromatic N) is 1. The molecular formula is C17H14N2O2S. The van der Waals surface area contributed by atoms with Gasteiger partial charge >= 0.3 is 0 Å². The first-order valence-corrected chi connectivity index (χ1v) is 8.17. The highest BCUT2D eigenvalue weighted by atomic mass is 32.2. The molecule has 2 aromatic carbocycles. The number of benzene rings is 2. The normalized spacial score (nSPS) is 11.3. The van der Waals surface area contributed by atoms with Gasteiger partial charge in [-0.05, 0) is 29.8 Å². The SMILES string of the molecule is C=Cc1ccc(S(=O)(=O)Nc2cccc3cccnc23)cc1. The van der Waals surface area contributed by atoms with Crippen molar-refractivity contribution in [1.29, 1.82) is 0 Å². The first kappa shape index (κ1) is 14.3. The Morgan fingerprint density at radius 1 is 1.00 bits per heavy atom. The van der Waals surface area contributed by atoms with Crippen molar-refractivity contribution in [2.75, 3.05) is 4.72 Å². The van der Waals surface area contributed by atoms with E-state index < -0.39 is 10.0 Å². The number of fused-ring (bicyclic) bond motifs is 1. The number of hydrogen-bond donors (Lipinski definition) is 1. The van der Waals surface area contributed by atoms with Crippen LogP contribution in [0.1, 0.15) is 5.56 Å². The fourth-order valence-corrected chi connectivity index (χ4v) is 3.24. The van der Waals surface area contributed by atoms with Crippen molar-refractivity contribution in [3.8, 4) is 0 Å². The highest BCUT2D eigenvalue weighted by molar-refractivity contribution is 7.92. The van der Waals surface area contributed by atoms with Gasteiger partial charge in [0, 0.05) is 11.6 Å². The van der Waals surface area contributed by atoms with E-state index in [1.54, 1.807) is 48.7 Å². The van der Waals surface area contributed by atoms with Crippen LogP contribution >= 0.6 is 0 Å². The van der Waals surface area contributed by atoms with Crippen molar-refractivity contribution in [2.45, 2.75) is 4.90 Å². The van der Waals surface area contributed by atoms with Crippen molar-refractivity contribution >= 4 is 32.7 Å². The van der Waals surface area contributed by atoms with E-state index in [4.69, 9.17) is 0 Å². The zero-order chi connectivity index (χ0) is 15.6. The van der Waals surface area contributed by atoms with Gasteiger partial charge in [-0.2, -0.15) is 0 Å². The number of nitrogens with one attached hydrogen (secondary N) is 1. The predicted molar refractivity (Wildman–Crippen MR) is 89.1 cm³/mol. The van der Waals surface area contributed by atoms with Crippen LogP contribution in [0.4, 0.5) is 5.69 Å². The van der Waals surface area contributed by atoms with Gasteiger partial charge in [0.15, 0.2) is 0 Å². The second kappa shape index (κ2) is 5.61. The molecule has 0 fully saturated rings. The second-order valence-electron chi connectivity index (χ2n) is 4.76. The molecule has 1 N–H and O–H groups in total. The van der Waals surface area contributed by atoms with Gasteiger partial charge in [-0.1, -0.05) is 43.0 Å². The summed E-state index contributed by atoms with van der Waals surface area (Å²) in [5, 5.41) is 0.879. The lowest BCUT2D eigenvalue weighted by atomic mass is 10.2. The number of para-hydroxylation sites is 1. The van der Waals surface area contributed by atoms with E-state index in [0.29, 0.717) is 11.2 Å². The second-order valence-corrected chi connectivity index (χ2v) is 6.44. The molecule has 110 valence electrons. The van der Waals surface area contributed by atoms with E-state index in [1.165, 1.54) is 0 Å². The number of hydrogen-bond acceptors (Lipinski definition) is 3. The summed E-state index contributed by atoms with van der Waals surface area (Å²) >= 11 is 0. The zero-order valence-electron chi connectivity index (χ0n) is 11.7. The Kier molecular flexibility index (Phi) is 3.65. The molecule has 0 unspecified atom stereocenters. The van der Waals surface area contributed by atoms with Gasteiger partial charge in [-0.15, -0.1) is 0 Å². The molecule has 4 nitrogen and oxygen atoms in total. The van der Waals surface area contributed by atoms with Crippen molar-refractivity contribution in [3.63, 3.8) is 0 Å². The number of anilines is 1. The highest BCUT2D eigenvalue weighted by Crippen LogP contribution is 2.23. The summed E-state index contributed by atoms with van der Waals surface area (Å²) in [6.07, 6.45) is 3.30. The third kappa shape index (κ3) is 2.71. The van der Waals surface area contributed by atoms with Gasteiger partial charge in [-0.3, -0.25) is 9.71 Å². The Morgan fingerprint density at radius 3 is 2.45 bits per heavy atom. The molecule has 0 aliphatic carbocycles. The van der Waals surface area contributed by atoms with E-state index in [2.05, 4.69) is 16.3 Å². The van der Waals surface area contributed by atoms with E-state index >= 15 is 0 Å². The molecule has 22 heavy (non-hydrogen) atoms. The van der Waals surface area contributed by atoms with Crippen LogP contribution in [-0.4, -0.2) is 13.4 Å². The quantitative estimate of drug-likeness (QED) is 0.799. The first-order chi connectivity index (χ1) is 10.6. The summed E-state index contributed by atoms with van der Waals surface area (Å²) < 4.78 is 27.6. The third-order valence-corrected chi connectivity index (χ3v) is 4.68. The number of pyridine rings is 1. The Balaban J connectivity index is 2.01. The monoisotopic (exact) mass is 310 g/mol. The molecule has 3 rings (SSSR count). The third-order valence-electron chi connectivity index (χ3n) is 3.30. The average Bonchev–Trinajstić information content (AvgIpc) is 2.55. The summed E-state index contributed by atoms with van der Waals surface area (Å²) in [7, 11) is -3.65. The topological polar surface area (TPSA) is 59.1 Å². The van der Waals surface area contributed by atoms with Crippen molar-refractivity contribution < 1.29 is 8.42 Å². The Hall–Kier alpha value is -2.66. The fourth-order valence-electron chi connectivity index (χ4n) is 2.17. The smallest absolute Gasteiger partial charge is 0.261 e. The van der Waals surface area contributed by atoms with Crippen molar-refractivity contribution in [3.05, 3.63) is 72.9 Å². The lowest BCUT2D eigenvalue weighted by Crippen LogP contribution is -2.13. The summed E-state index contributed by atoms with van der Waals surface area (Å²) in [5.41, 5.74) is 1.95. The standard InChI is InChI=1S/C17H14N2O2S/c1-2-13-8-10-15(11-9-13)22(20,21)19-16-7-3-5-14-6-4-12-18-17(14)16/h2-12,19H,1H2. The van der Waals surface area contributed by atoms with Crippen LogP contribution in [0.3, 0.4) is 0 Å². The van der Waals surface area contributed by atoms with E-state index in [9.17, 15) is 8.42 Å². The number of rotatable bonds is 4. The van der Waals surface area contributed by atoms with Crippen LogP contribution in [0.15, 0.2) is 72.3 Å². The maximum atomic E-state index is 12.5. The fraction of sp³-hybridized carbons (Fsp3) is 0. The number of sulfonamides is 1. The molecule has 0 radical (unpaired) electrons. The average molecular weight is 310 g/mol. The molecule has 0 spiro atoms. The minimum absolute atomic E-state index is 0.200. The molecule has 0 saturated carbocycles. The molecule has 1 heterocycles. The van der Waals surface area contributed by atoms with Crippen LogP contribution in [0, 0.1) is 0 Å². The molecule has 0 atom stereocenters. The van der Waals surface area contributed by atoms with Crippen LogP contribution in [-0.2, 0) is 10.0 Å². The number of aromatic nitrogens is 1. The molecule has 1 aromatic heterocycles. The molecule has 3 aromatic rings. The maximum Gasteiger partial charge on any atom is 0.261 e. The Bertz CT molecular complexity index is 927. The maximum absolute atomic E-state index is 12.5. The Labute approximate surface area is 129 Å². The first-order valence-electron chi connectivity index (χ1n) is 6.69. The molecular weight excluding hydrogens is 296 g/mol. The molecule has 5 heteroatoms. The summed E-state index contributed by atoms with van der Waals surface area (Å²) in [6.45, 7) is 3.65. The van der Waals surface area contributed by atoms with Crippen LogP contribution in [0.5, 0.6) is 0 Å². The summed E-state index contributed by atoms with van der Waals surface area (Å²) in [6, 6.07) is 15.6. The van der Waals surface area contributed by atoms with Gasteiger partial charge < -0.3 is 0 Å².